The van der Waals surface area contributed by atoms with Crippen molar-refractivity contribution in [3.05, 3.63) is 52.4 Å². The Kier molecular flexibility index (Phi) is 3.75. The van der Waals surface area contributed by atoms with Crippen LogP contribution < -0.4 is 5.56 Å². The Morgan fingerprint density at radius 1 is 1.21 bits per heavy atom. The third-order valence-corrected chi connectivity index (χ3v) is 5.13. The fourth-order valence-corrected chi connectivity index (χ4v) is 3.98. The van der Waals surface area contributed by atoms with Crippen molar-refractivity contribution in [2.24, 2.45) is 5.92 Å². The maximum Gasteiger partial charge on any atom is 0.263 e. The van der Waals surface area contributed by atoms with Crippen LogP contribution in [0.4, 0.5) is 0 Å². The Morgan fingerprint density at radius 2 is 2.00 bits per heavy atom. The summed E-state index contributed by atoms with van der Waals surface area (Å²) in [6, 6.07) is 12.2. The van der Waals surface area contributed by atoms with Gasteiger partial charge in [0.1, 0.15) is 11.5 Å². The summed E-state index contributed by atoms with van der Waals surface area (Å²) in [6.45, 7) is 4.25. The maximum absolute atomic E-state index is 13.2. The lowest BCUT2D eigenvalue weighted by Gasteiger charge is -2.29. The molecule has 124 valence electrons. The number of nitrogens with one attached hydrogen (secondary N) is 1. The molecule has 4 heteroatoms. The quantitative estimate of drug-likeness (QED) is 0.758. The summed E-state index contributed by atoms with van der Waals surface area (Å²) in [6.07, 6.45) is 4.54. The third kappa shape index (κ3) is 2.56. The molecule has 0 saturated heterocycles. The average Bonchev–Trinajstić information content (AvgIpc) is 2.96. The zero-order chi connectivity index (χ0) is 16.7. The Balaban J connectivity index is 1.98. The molecule has 0 bridgehead atoms. The Hall–Kier alpha value is -2.36. The molecule has 0 spiro atoms. The van der Waals surface area contributed by atoms with E-state index < -0.39 is 0 Å². The highest BCUT2D eigenvalue weighted by molar-refractivity contribution is 5.78. The monoisotopic (exact) mass is 321 g/mol. The molecule has 2 aromatic heterocycles. The number of aromatic nitrogens is 3. The summed E-state index contributed by atoms with van der Waals surface area (Å²) in [4.78, 5) is 21.3. The van der Waals surface area contributed by atoms with Crippen LogP contribution in [0.2, 0.25) is 0 Å². The van der Waals surface area contributed by atoms with Crippen molar-refractivity contribution in [3.8, 4) is 11.4 Å². The summed E-state index contributed by atoms with van der Waals surface area (Å²) in [5.74, 6) is 1.44. The van der Waals surface area contributed by atoms with Gasteiger partial charge in [0.2, 0.25) is 0 Å². The highest BCUT2D eigenvalue weighted by Crippen LogP contribution is 2.34. The minimum atomic E-state index is 0.0855. The highest BCUT2D eigenvalue weighted by atomic mass is 16.1. The third-order valence-electron chi connectivity index (χ3n) is 5.13. The Labute approximate surface area is 141 Å². The molecule has 1 aliphatic carbocycles. The predicted molar refractivity (Wildman–Crippen MR) is 97.2 cm³/mol. The maximum atomic E-state index is 13.2. The summed E-state index contributed by atoms with van der Waals surface area (Å²) >= 11 is 0. The number of fused-ring (bicyclic) bond motifs is 1. The minimum Gasteiger partial charge on any atom is -0.343 e. The lowest BCUT2D eigenvalue weighted by molar-refractivity contribution is 0.279. The molecule has 4 nitrogen and oxygen atoms in total. The van der Waals surface area contributed by atoms with Gasteiger partial charge in [-0.3, -0.25) is 9.36 Å². The van der Waals surface area contributed by atoms with E-state index >= 15 is 0 Å². The SMILES string of the molecule is Cc1cc2c(=O)n(C3CCCC(C)C3)c(-c3ccccc3)nc2[nH]1. The number of aryl methyl sites for hydroxylation is 1. The van der Waals surface area contributed by atoms with E-state index in [9.17, 15) is 4.79 Å². The van der Waals surface area contributed by atoms with Crippen molar-refractivity contribution in [3.63, 3.8) is 0 Å². The van der Waals surface area contributed by atoms with Gasteiger partial charge >= 0.3 is 0 Å². The van der Waals surface area contributed by atoms with Crippen LogP contribution in [0.5, 0.6) is 0 Å². The average molecular weight is 321 g/mol. The molecule has 2 heterocycles. The van der Waals surface area contributed by atoms with Gasteiger partial charge in [0, 0.05) is 17.3 Å². The largest absolute Gasteiger partial charge is 0.343 e. The second kappa shape index (κ2) is 5.93. The number of hydrogen-bond acceptors (Lipinski definition) is 2. The van der Waals surface area contributed by atoms with Gasteiger partial charge in [0.05, 0.1) is 5.39 Å². The molecule has 0 amide bonds. The zero-order valence-corrected chi connectivity index (χ0v) is 14.2. The highest BCUT2D eigenvalue weighted by Gasteiger charge is 2.25. The number of H-pyrrole nitrogens is 1. The van der Waals surface area contributed by atoms with Crippen LogP contribution in [0.1, 0.15) is 44.3 Å². The number of hydrogen-bond donors (Lipinski definition) is 1. The van der Waals surface area contributed by atoms with E-state index in [4.69, 9.17) is 4.98 Å². The molecular formula is C20H23N3O. The van der Waals surface area contributed by atoms with Gasteiger partial charge in [-0.15, -0.1) is 0 Å². The molecule has 1 N–H and O–H groups in total. The van der Waals surface area contributed by atoms with Gasteiger partial charge in [-0.2, -0.15) is 0 Å². The van der Waals surface area contributed by atoms with Crippen molar-refractivity contribution in [1.82, 2.24) is 14.5 Å². The fourth-order valence-electron chi connectivity index (χ4n) is 3.98. The first kappa shape index (κ1) is 15.2. The first-order chi connectivity index (χ1) is 11.6. The molecule has 1 aliphatic rings. The van der Waals surface area contributed by atoms with Gasteiger partial charge in [0.15, 0.2) is 0 Å². The van der Waals surface area contributed by atoms with E-state index in [0.29, 0.717) is 17.0 Å². The number of aromatic amines is 1. The van der Waals surface area contributed by atoms with E-state index in [1.165, 1.54) is 12.8 Å². The summed E-state index contributed by atoms with van der Waals surface area (Å²) in [5, 5.41) is 0.699. The van der Waals surface area contributed by atoms with Crippen LogP contribution in [-0.4, -0.2) is 14.5 Å². The van der Waals surface area contributed by atoms with Crippen molar-refractivity contribution in [1.29, 1.82) is 0 Å². The van der Waals surface area contributed by atoms with Crippen LogP contribution in [0.25, 0.3) is 22.4 Å². The zero-order valence-electron chi connectivity index (χ0n) is 14.2. The molecule has 2 atom stereocenters. The lowest BCUT2D eigenvalue weighted by Crippen LogP contribution is -2.30. The summed E-state index contributed by atoms with van der Waals surface area (Å²) in [7, 11) is 0. The molecule has 2 unspecified atom stereocenters. The number of nitrogens with zero attached hydrogens (tertiary/aromatic N) is 2. The van der Waals surface area contributed by atoms with Crippen LogP contribution in [0.3, 0.4) is 0 Å². The molecule has 1 aromatic carbocycles. The second-order valence-electron chi connectivity index (χ2n) is 7.12. The normalized spacial score (nSPS) is 21.2. The second-order valence-corrected chi connectivity index (χ2v) is 7.12. The summed E-state index contributed by atoms with van der Waals surface area (Å²) < 4.78 is 1.96. The van der Waals surface area contributed by atoms with Gasteiger partial charge < -0.3 is 4.98 Å². The van der Waals surface area contributed by atoms with E-state index in [2.05, 4.69) is 11.9 Å². The van der Waals surface area contributed by atoms with Crippen molar-refractivity contribution >= 4 is 11.0 Å². The Morgan fingerprint density at radius 3 is 2.75 bits per heavy atom. The van der Waals surface area contributed by atoms with Crippen molar-refractivity contribution in [2.75, 3.05) is 0 Å². The molecular weight excluding hydrogens is 298 g/mol. The smallest absolute Gasteiger partial charge is 0.263 e. The van der Waals surface area contributed by atoms with Gasteiger partial charge in [-0.25, -0.2) is 4.98 Å². The van der Waals surface area contributed by atoms with Crippen LogP contribution in [0, 0.1) is 12.8 Å². The number of benzene rings is 1. The van der Waals surface area contributed by atoms with E-state index in [0.717, 1.165) is 29.9 Å². The molecule has 3 aromatic rings. The molecule has 1 fully saturated rings. The van der Waals surface area contributed by atoms with Crippen LogP contribution in [-0.2, 0) is 0 Å². The first-order valence-electron chi connectivity index (χ1n) is 8.81. The molecule has 24 heavy (non-hydrogen) atoms. The van der Waals surface area contributed by atoms with Gasteiger partial charge in [0.25, 0.3) is 5.56 Å². The lowest BCUT2D eigenvalue weighted by atomic mass is 9.86. The fraction of sp³-hybridized carbons (Fsp3) is 0.400. The molecule has 0 radical (unpaired) electrons. The molecule has 0 aliphatic heterocycles. The minimum absolute atomic E-state index is 0.0855. The topological polar surface area (TPSA) is 50.7 Å². The van der Waals surface area contributed by atoms with Crippen molar-refractivity contribution in [2.45, 2.75) is 45.6 Å². The first-order valence-corrected chi connectivity index (χ1v) is 8.81. The van der Waals surface area contributed by atoms with E-state index in [1.54, 1.807) is 0 Å². The molecule has 1 saturated carbocycles. The van der Waals surface area contributed by atoms with Crippen molar-refractivity contribution < 1.29 is 0 Å². The number of rotatable bonds is 2. The van der Waals surface area contributed by atoms with Gasteiger partial charge in [-0.05, 0) is 31.7 Å². The standard InChI is InChI=1S/C20H23N3O/c1-13-7-6-10-16(11-13)23-19(15-8-4-3-5-9-15)22-18-17(20(23)24)12-14(2)21-18/h3-5,8-9,12-13,16,21H,6-7,10-11H2,1-2H3. The molecule has 4 rings (SSSR count). The predicted octanol–water partition coefficient (Wildman–Crippen LogP) is 4.45. The van der Waals surface area contributed by atoms with Crippen LogP contribution in [0.15, 0.2) is 41.2 Å². The van der Waals surface area contributed by atoms with Crippen LogP contribution >= 0.6 is 0 Å². The van der Waals surface area contributed by atoms with E-state index in [1.807, 2.05) is 47.9 Å². The van der Waals surface area contributed by atoms with Gasteiger partial charge in [-0.1, -0.05) is 50.1 Å². The summed E-state index contributed by atoms with van der Waals surface area (Å²) in [5.41, 5.74) is 2.75. The Bertz CT molecular complexity index is 923. The van der Waals surface area contributed by atoms with E-state index in [-0.39, 0.29) is 11.6 Å².